The van der Waals surface area contributed by atoms with Crippen molar-refractivity contribution in [3.05, 3.63) is 76.9 Å². The van der Waals surface area contributed by atoms with Crippen LogP contribution in [0.2, 0.25) is 5.02 Å². The van der Waals surface area contributed by atoms with Crippen LogP contribution in [0.5, 0.6) is 11.6 Å². The van der Waals surface area contributed by atoms with Gasteiger partial charge < -0.3 is 10.5 Å². The highest BCUT2D eigenvalue weighted by Gasteiger charge is 2.16. The number of benzene rings is 2. The van der Waals surface area contributed by atoms with E-state index in [0.29, 0.717) is 34.6 Å². The van der Waals surface area contributed by atoms with Crippen LogP contribution in [0.4, 0.5) is 5.69 Å². The van der Waals surface area contributed by atoms with Gasteiger partial charge in [0.1, 0.15) is 17.5 Å². The van der Waals surface area contributed by atoms with E-state index in [2.05, 4.69) is 6.07 Å². The van der Waals surface area contributed by atoms with E-state index >= 15 is 0 Å². The number of nitrogen functional groups attached to an aromatic ring is 1. The van der Waals surface area contributed by atoms with Gasteiger partial charge >= 0.3 is 0 Å². The smallest absolute Gasteiger partial charge is 0.224 e. The van der Waals surface area contributed by atoms with Gasteiger partial charge in [0.05, 0.1) is 12.2 Å². The molecule has 5 heteroatoms. The molecule has 2 N–H and O–H groups in total. The van der Waals surface area contributed by atoms with Crippen LogP contribution in [0.15, 0.2) is 60.7 Å². The molecule has 23 heavy (non-hydrogen) atoms. The number of anilines is 1. The Morgan fingerprint density at radius 2 is 1.78 bits per heavy atom. The van der Waals surface area contributed by atoms with Crippen LogP contribution in [0.3, 0.4) is 0 Å². The summed E-state index contributed by atoms with van der Waals surface area (Å²) in [4.78, 5) is 0. The summed E-state index contributed by atoms with van der Waals surface area (Å²) in [6, 6.07) is 20.5. The third-order valence-electron chi connectivity index (χ3n) is 3.43. The number of ether oxygens (including phenoxy) is 1. The van der Waals surface area contributed by atoms with Gasteiger partial charge in [-0.15, -0.1) is 0 Å². The van der Waals surface area contributed by atoms with Crippen LogP contribution in [0.1, 0.15) is 11.3 Å². The highest BCUT2D eigenvalue weighted by Crippen LogP contribution is 2.32. The Morgan fingerprint density at radius 3 is 2.48 bits per heavy atom. The van der Waals surface area contributed by atoms with Crippen LogP contribution in [0.25, 0.3) is 0 Å². The van der Waals surface area contributed by atoms with Crippen LogP contribution in [0, 0.1) is 11.3 Å². The number of hydrogen-bond donors (Lipinski definition) is 1. The lowest BCUT2D eigenvalue weighted by Crippen LogP contribution is -2.05. The van der Waals surface area contributed by atoms with Crippen LogP contribution < -0.4 is 10.5 Å². The fraction of sp³-hybridized carbons (Fsp3) is 0.0556. The molecule has 0 spiro atoms. The Morgan fingerprint density at radius 1 is 1.09 bits per heavy atom. The first kappa shape index (κ1) is 15.0. The molecule has 0 radical (unpaired) electrons. The number of halogens is 1. The van der Waals surface area contributed by atoms with E-state index in [0.717, 1.165) is 5.56 Å². The summed E-state index contributed by atoms with van der Waals surface area (Å²) in [7, 11) is 0. The van der Waals surface area contributed by atoms with Crippen molar-refractivity contribution in [1.29, 1.82) is 5.26 Å². The molecule has 0 atom stereocenters. The summed E-state index contributed by atoms with van der Waals surface area (Å²) in [5.74, 6) is 1.09. The lowest BCUT2D eigenvalue weighted by molar-refractivity contribution is 0.437. The third kappa shape index (κ3) is 3.15. The molecule has 0 aliphatic heterocycles. The van der Waals surface area contributed by atoms with Gasteiger partial charge in [0.25, 0.3) is 0 Å². The van der Waals surface area contributed by atoms with Gasteiger partial charge in [0, 0.05) is 11.1 Å². The van der Waals surface area contributed by atoms with Crippen molar-refractivity contribution in [3.63, 3.8) is 0 Å². The van der Waals surface area contributed by atoms with E-state index in [4.69, 9.17) is 22.1 Å². The van der Waals surface area contributed by atoms with E-state index in [1.807, 2.05) is 54.6 Å². The molecular formula is C18H14ClN3O. The number of nitrogens with two attached hydrogens (primary N) is 1. The third-order valence-corrected chi connectivity index (χ3v) is 3.80. The number of hydrogen-bond acceptors (Lipinski definition) is 3. The highest BCUT2D eigenvalue weighted by molar-refractivity contribution is 6.31. The van der Waals surface area contributed by atoms with Gasteiger partial charge in [-0.05, 0) is 23.8 Å². The van der Waals surface area contributed by atoms with E-state index in [1.54, 1.807) is 10.6 Å². The molecular weight excluding hydrogens is 310 g/mol. The van der Waals surface area contributed by atoms with Crippen LogP contribution in [-0.2, 0) is 6.54 Å². The number of rotatable bonds is 4. The molecule has 2 aromatic carbocycles. The normalized spacial score (nSPS) is 10.3. The maximum Gasteiger partial charge on any atom is 0.224 e. The van der Waals surface area contributed by atoms with E-state index in [-0.39, 0.29) is 0 Å². The van der Waals surface area contributed by atoms with Crippen molar-refractivity contribution in [3.8, 4) is 17.7 Å². The van der Waals surface area contributed by atoms with Gasteiger partial charge in [-0.25, -0.2) is 0 Å². The molecule has 0 saturated heterocycles. The summed E-state index contributed by atoms with van der Waals surface area (Å²) in [6.45, 7) is 0.405. The molecule has 3 aromatic rings. The first-order chi connectivity index (χ1) is 11.2. The van der Waals surface area contributed by atoms with Crippen molar-refractivity contribution >= 4 is 17.3 Å². The Balaban J connectivity index is 2.01. The van der Waals surface area contributed by atoms with Gasteiger partial charge in [-0.1, -0.05) is 48.0 Å². The standard InChI is InChI=1S/C18H14ClN3O/c19-16-9-5-4-6-13(16)12-22-14(11-20)10-17(21)18(22)23-15-7-2-1-3-8-15/h1-10H,12,21H2. The second kappa shape index (κ2) is 6.47. The molecule has 0 amide bonds. The molecule has 1 aromatic heterocycles. The largest absolute Gasteiger partial charge is 0.439 e. The van der Waals surface area contributed by atoms with Gasteiger partial charge in [-0.3, -0.25) is 4.57 Å². The van der Waals surface area contributed by atoms with E-state index in [1.165, 1.54) is 0 Å². The zero-order valence-electron chi connectivity index (χ0n) is 12.2. The average Bonchev–Trinajstić information content (AvgIpc) is 2.86. The molecule has 1 heterocycles. The van der Waals surface area contributed by atoms with Crippen molar-refractivity contribution < 1.29 is 4.74 Å². The SMILES string of the molecule is N#Cc1cc(N)c(Oc2ccccc2)n1Cc1ccccc1Cl. The van der Waals surface area contributed by atoms with Crippen molar-refractivity contribution in [2.45, 2.75) is 6.54 Å². The quantitative estimate of drug-likeness (QED) is 0.772. The summed E-state index contributed by atoms with van der Waals surface area (Å²) in [6.07, 6.45) is 0. The first-order valence-corrected chi connectivity index (χ1v) is 7.42. The van der Waals surface area contributed by atoms with E-state index in [9.17, 15) is 5.26 Å². The lowest BCUT2D eigenvalue weighted by atomic mass is 10.2. The van der Waals surface area contributed by atoms with Crippen LogP contribution >= 0.6 is 11.6 Å². The van der Waals surface area contributed by atoms with E-state index < -0.39 is 0 Å². The fourth-order valence-electron chi connectivity index (χ4n) is 2.31. The maximum atomic E-state index is 9.35. The molecule has 0 aliphatic carbocycles. The van der Waals surface area contributed by atoms with Crippen molar-refractivity contribution in [2.75, 3.05) is 5.73 Å². The zero-order valence-corrected chi connectivity index (χ0v) is 13.0. The highest BCUT2D eigenvalue weighted by atomic mass is 35.5. The molecule has 0 saturated carbocycles. The zero-order chi connectivity index (χ0) is 16.2. The molecule has 3 rings (SSSR count). The lowest BCUT2D eigenvalue weighted by Gasteiger charge is -2.13. The topological polar surface area (TPSA) is 64.0 Å². The van der Waals surface area contributed by atoms with Gasteiger partial charge in [0.15, 0.2) is 0 Å². The minimum atomic E-state index is 0.405. The monoisotopic (exact) mass is 323 g/mol. The first-order valence-electron chi connectivity index (χ1n) is 7.04. The number of aromatic nitrogens is 1. The van der Waals surface area contributed by atoms with Crippen molar-refractivity contribution in [2.24, 2.45) is 0 Å². The summed E-state index contributed by atoms with van der Waals surface area (Å²) in [5, 5.41) is 9.99. The molecule has 0 unspecified atom stereocenters. The molecule has 114 valence electrons. The second-order valence-electron chi connectivity index (χ2n) is 4.99. The van der Waals surface area contributed by atoms with Crippen molar-refractivity contribution in [1.82, 2.24) is 4.57 Å². The Labute approximate surface area is 139 Å². The fourth-order valence-corrected chi connectivity index (χ4v) is 2.51. The molecule has 0 fully saturated rings. The van der Waals surface area contributed by atoms with Gasteiger partial charge in [-0.2, -0.15) is 5.26 Å². The maximum absolute atomic E-state index is 9.35. The number of para-hydroxylation sites is 1. The average molecular weight is 324 g/mol. The van der Waals surface area contributed by atoms with Crippen LogP contribution in [-0.4, -0.2) is 4.57 Å². The summed E-state index contributed by atoms with van der Waals surface area (Å²) < 4.78 is 7.60. The molecule has 4 nitrogen and oxygen atoms in total. The molecule has 0 aliphatic rings. The Bertz CT molecular complexity index is 866. The predicted molar refractivity (Wildman–Crippen MR) is 90.6 cm³/mol. The number of nitriles is 1. The van der Waals surface area contributed by atoms with Gasteiger partial charge in [0.2, 0.25) is 5.88 Å². The minimum Gasteiger partial charge on any atom is -0.439 e. The number of nitrogens with zero attached hydrogens (tertiary/aromatic N) is 2. The predicted octanol–water partition coefficient (Wildman–Crippen LogP) is 4.44. The second-order valence-corrected chi connectivity index (χ2v) is 5.40. The summed E-state index contributed by atoms with van der Waals surface area (Å²) >= 11 is 6.22. The Kier molecular flexibility index (Phi) is 4.22. The summed E-state index contributed by atoms with van der Waals surface area (Å²) in [5.41, 5.74) is 7.75. The molecule has 0 bridgehead atoms. The minimum absolute atomic E-state index is 0.405. The Hall–Kier alpha value is -2.90.